The molecule has 0 spiro atoms. The number of hydrogen-bond acceptors (Lipinski definition) is 4. The van der Waals surface area contributed by atoms with E-state index < -0.39 is 0 Å². The maximum absolute atomic E-state index is 14.0. The highest BCUT2D eigenvalue weighted by atomic mass is 79.9. The molecule has 0 saturated carbocycles. The Labute approximate surface area is 148 Å². The molecule has 0 atom stereocenters. The first-order valence-electron chi connectivity index (χ1n) is 6.65. The summed E-state index contributed by atoms with van der Waals surface area (Å²) in [7, 11) is 0. The first-order valence-corrected chi connectivity index (χ1v) is 8.66. The van der Waals surface area contributed by atoms with Crippen LogP contribution in [0.3, 0.4) is 0 Å². The molecule has 3 aromatic rings. The van der Waals surface area contributed by atoms with Crippen LogP contribution in [0, 0.1) is 9.77 Å². The normalized spacial score (nSPS) is 11.0. The first-order chi connectivity index (χ1) is 11.0. The van der Waals surface area contributed by atoms with Crippen molar-refractivity contribution in [2.75, 3.05) is 0 Å². The molecular weight excluding hydrogens is 401 g/mol. The SMILES string of the molecule is C=CCn1c(=S)sc2c(=O)n(Cc3ccc(Br)cc3F)cnc21. The second-order valence-electron chi connectivity index (χ2n) is 4.83. The minimum absolute atomic E-state index is 0.118. The van der Waals surface area contributed by atoms with Crippen LogP contribution in [-0.2, 0) is 13.1 Å². The molecule has 0 N–H and O–H groups in total. The molecule has 0 fully saturated rings. The highest BCUT2D eigenvalue weighted by Gasteiger charge is 2.12. The Balaban J connectivity index is 2.09. The van der Waals surface area contributed by atoms with Crippen LogP contribution in [-0.4, -0.2) is 14.1 Å². The number of thiazole rings is 1. The van der Waals surface area contributed by atoms with Crippen LogP contribution in [0.25, 0.3) is 10.3 Å². The van der Waals surface area contributed by atoms with Gasteiger partial charge in [0, 0.05) is 16.6 Å². The fourth-order valence-electron chi connectivity index (χ4n) is 2.21. The third-order valence-electron chi connectivity index (χ3n) is 3.31. The zero-order valence-corrected chi connectivity index (χ0v) is 15.0. The van der Waals surface area contributed by atoms with E-state index in [0.717, 1.165) is 0 Å². The average molecular weight is 412 g/mol. The predicted octanol–water partition coefficient (Wildman–Crippen LogP) is 4.12. The molecule has 2 heterocycles. The fraction of sp³-hybridized carbons (Fsp3) is 0.133. The van der Waals surface area contributed by atoms with Gasteiger partial charge in [0.25, 0.3) is 5.56 Å². The summed E-state index contributed by atoms with van der Waals surface area (Å²) < 4.78 is 18.8. The highest BCUT2D eigenvalue weighted by molar-refractivity contribution is 9.10. The molecule has 118 valence electrons. The van der Waals surface area contributed by atoms with E-state index in [1.54, 1.807) is 22.8 Å². The van der Waals surface area contributed by atoms with Crippen molar-refractivity contribution in [1.29, 1.82) is 0 Å². The van der Waals surface area contributed by atoms with Crippen LogP contribution < -0.4 is 5.56 Å². The van der Waals surface area contributed by atoms with Crippen molar-refractivity contribution in [1.82, 2.24) is 14.1 Å². The van der Waals surface area contributed by atoms with Crippen molar-refractivity contribution in [3.05, 3.63) is 67.3 Å². The van der Waals surface area contributed by atoms with Gasteiger partial charge >= 0.3 is 0 Å². The fourth-order valence-corrected chi connectivity index (χ4v) is 3.86. The summed E-state index contributed by atoms with van der Waals surface area (Å²) in [6, 6.07) is 4.75. The lowest BCUT2D eigenvalue weighted by Crippen LogP contribution is -2.21. The van der Waals surface area contributed by atoms with Crippen LogP contribution in [0.15, 0.2) is 46.4 Å². The molecule has 0 radical (unpaired) electrons. The third-order valence-corrected chi connectivity index (χ3v) is 5.23. The van der Waals surface area contributed by atoms with E-state index in [0.29, 0.717) is 30.9 Å². The van der Waals surface area contributed by atoms with Gasteiger partial charge in [-0.1, -0.05) is 39.4 Å². The van der Waals surface area contributed by atoms with Crippen LogP contribution >= 0.6 is 39.5 Å². The Hall–Kier alpha value is -1.64. The Morgan fingerprint density at radius 3 is 2.96 bits per heavy atom. The molecule has 3 rings (SSSR count). The molecule has 0 amide bonds. The highest BCUT2D eigenvalue weighted by Crippen LogP contribution is 2.19. The molecule has 0 saturated heterocycles. The number of fused-ring (bicyclic) bond motifs is 1. The van der Waals surface area contributed by atoms with Crippen LogP contribution in [0.2, 0.25) is 0 Å². The quantitative estimate of drug-likeness (QED) is 0.478. The van der Waals surface area contributed by atoms with Crippen molar-refractivity contribution in [2.24, 2.45) is 0 Å². The molecule has 2 aromatic heterocycles. The second kappa shape index (κ2) is 6.46. The lowest BCUT2D eigenvalue weighted by Gasteiger charge is -2.07. The topological polar surface area (TPSA) is 39.8 Å². The van der Waals surface area contributed by atoms with Gasteiger partial charge in [-0.25, -0.2) is 9.37 Å². The summed E-state index contributed by atoms with van der Waals surface area (Å²) in [5, 5.41) is 0. The van der Waals surface area contributed by atoms with Crippen molar-refractivity contribution < 1.29 is 4.39 Å². The largest absolute Gasteiger partial charge is 0.304 e. The first kappa shape index (κ1) is 16.2. The lowest BCUT2D eigenvalue weighted by atomic mass is 10.2. The van der Waals surface area contributed by atoms with Gasteiger partial charge in [-0.15, -0.1) is 6.58 Å². The molecule has 8 heteroatoms. The molecule has 1 aromatic carbocycles. The van der Waals surface area contributed by atoms with Gasteiger partial charge in [0.2, 0.25) is 0 Å². The zero-order chi connectivity index (χ0) is 16.6. The number of benzene rings is 1. The van der Waals surface area contributed by atoms with Gasteiger partial charge in [0.15, 0.2) is 9.60 Å². The van der Waals surface area contributed by atoms with Crippen LogP contribution in [0.4, 0.5) is 4.39 Å². The second-order valence-corrected chi connectivity index (χ2v) is 7.39. The van der Waals surface area contributed by atoms with Gasteiger partial charge in [-0.3, -0.25) is 9.36 Å². The Morgan fingerprint density at radius 1 is 1.48 bits per heavy atom. The van der Waals surface area contributed by atoms with Gasteiger partial charge < -0.3 is 4.57 Å². The van der Waals surface area contributed by atoms with Crippen LogP contribution in [0.1, 0.15) is 5.56 Å². The van der Waals surface area contributed by atoms with E-state index in [2.05, 4.69) is 27.5 Å². The molecule has 4 nitrogen and oxygen atoms in total. The maximum atomic E-state index is 14.0. The summed E-state index contributed by atoms with van der Waals surface area (Å²) in [5.41, 5.74) is 0.735. The van der Waals surface area contributed by atoms with Crippen molar-refractivity contribution in [3.8, 4) is 0 Å². The average Bonchev–Trinajstić information content (AvgIpc) is 2.82. The Kier molecular flexibility index (Phi) is 4.56. The smallest absolute Gasteiger partial charge is 0.273 e. The zero-order valence-electron chi connectivity index (χ0n) is 11.8. The van der Waals surface area contributed by atoms with E-state index in [1.807, 2.05) is 0 Å². The summed E-state index contributed by atoms with van der Waals surface area (Å²) in [6.45, 7) is 4.29. The molecule has 0 aliphatic heterocycles. The van der Waals surface area contributed by atoms with Gasteiger partial charge in [0.05, 0.1) is 6.54 Å². The van der Waals surface area contributed by atoms with Crippen molar-refractivity contribution in [3.63, 3.8) is 0 Å². The number of halogens is 2. The van der Waals surface area contributed by atoms with Crippen molar-refractivity contribution >= 4 is 49.8 Å². The van der Waals surface area contributed by atoms with Gasteiger partial charge in [-0.05, 0) is 24.4 Å². The third kappa shape index (κ3) is 3.06. The molecule has 23 heavy (non-hydrogen) atoms. The Morgan fingerprint density at radius 2 is 2.26 bits per heavy atom. The molecule has 0 aliphatic carbocycles. The predicted molar refractivity (Wildman–Crippen MR) is 96.1 cm³/mol. The maximum Gasteiger partial charge on any atom is 0.273 e. The molecule has 0 bridgehead atoms. The van der Waals surface area contributed by atoms with E-state index in [4.69, 9.17) is 12.2 Å². The minimum atomic E-state index is -0.372. The molecule has 0 unspecified atom stereocenters. The minimum Gasteiger partial charge on any atom is -0.304 e. The van der Waals surface area contributed by atoms with Gasteiger partial charge in [0.1, 0.15) is 16.8 Å². The summed E-state index contributed by atoms with van der Waals surface area (Å²) >= 11 is 9.69. The summed E-state index contributed by atoms with van der Waals surface area (Å²) in [4.78, 5) is 16.9. The lowest BCUT2D eigenvalue weighted by molar-refractivity contribution is 0.594. The van der Waals surface area contributed by atoms with E-state index >= 15 is 0 Å². The molecule has 0 aliphatic rings. The van der Waals surface area contributed by atoms with Crippen molar-refractivity contribution in [2.45, 2.75) is 13.1 Å². The standard InChI is InChI=1S/C15H11BrFN3OS2/c1-2-5-20-13-12(23-15(20)22)14(21)19(8-18-13)7-9-3-4-10(16)6-11(9)17/h2-4,6,8H,1,5,7H2. The molecular formula is C15H11BrFN3OS2. The van der Waals surface area contributed by atoms with E-state index in [9.17, 15) is 9.18 Å². The van der Waals surface area contributed by atoms with Gasteiger partial charge in [-0.2, -0.15) is 0 Å². The number of nitrogens with zero attached hydrogens (tertiary/aromatic N) is 3. The van der Waals surface area contributed by atoms with E-state index in [1.165, 1.54) is 28.3 Å². The van der Waals surface area contributed by atoms with Crippen LogP contribution in [0.5, 0.6) is 0 Å². The summed E-state index contributed by atoms with van der Waals surface area (Å²) in [6.07, 6.45) is 3.12. The number of hydrogen-bond donors (Lipinski definition) is 0. The summed E-state index contributed by atoms with van der Waals surface area (Å²) in [5.74, 6) is -0.372. The number of rotatable bonds is 4. The Bertz CT molecular complexity index is 1020. The number of allylic oxidation sites excluding steroid dienone is 1. The monoisotopic (exact) mass is 411 g/mol. The number of aromatic nitrogens is 3. The van der Waals surface area contributed by atoms with E-state index in [-0.39, 0.29) is 17.9 Å².